The molecule has 0 spiro atoms. The number of aryl methyl sites for hydroxylation is 1. The van der Waals surface area contributed by atoms with Gasteiger partial charge in [0.15, 0.2) is 5.75 Å². The zero-order valence-corrected chi connectivity index (χ0v) is 10.9. The van der Waals surface area contributed by atoms with Gasteiger partial charge in [0, 0.05) is 24.3 Å². The first kappa shape index (κ1) is 11.8. The summed E-state index contributed by atoms with van der Waals surface area (Å²) < 4.78 is 7.73. The highest BCUT2D eigenvalue weighted by Gasteiger charge is 2.53. The van der Waals surface area contributed by atoms with Gasteiger partial charge in [0.05, 0.1) is 12.4 Å². The van der Waals surface area contributed by atoms with Crippen molar-refractivity contribution >= 4 is 11.6 Å². The van der Waals surface area contributed by atoms with Crippen molar-refractivity contribution in [3.63, 3.8) is 0 Å². The minimum Gasteiger partial charge on any atom is -0.486 e. The smallest absolute Gasteiger partial charge is 0.157 e. The van der Waals surface area contributed by atoms with Gasteiger partial charge in [-0.1, -0.05) is 13.8 Å². The first-order valence-electron chi connectivity index (χ1n) is 5.91. The van der Waals surface area contributed by atoms with Gasteiger partial charge in [-0.15, -0.1) is 11.6 Å². The lowest BCUT2D eigenvalue weighted by Gasteiger charge is -2.52. The summed E-state index contributed by atoms with van der Waals surface area (Å²) in [5, 5.41) is 4.36. The summed E-state index contributed by atoms with van der Waals surface area (Å²) in [6.45, 7) is 4.38. The molecule has 2 rings (SSSR count). The van der Waals surface area contributed by atoms with Crippen LogP contribution in [-0.2, 0) is 7.05 Å². The summed E-state index contributed by atoms with van der Waals surface area (Å²) in [5.41, 5.74) is 0.150. The van der Waals surface area contributed by atoms with Crippen molar-refractivity contribution in [2.75, 3.05) is 0 Å². The van der Waals surface area contributed by atoms with E-state index in [9.17, 15) is 0 Å². The van der Waals surface area contributed by atoms with Crippen molar-refractivity contribution < 1.29 is 4.74 Å². The first-order chi connectivity index (χ1) is 7.62. The van der Waals surface area contributed by atoms with Gasteiger partial charge in [0.1, 0.15) is 6.10 Å². The molecular formula is C12H19ClN2O. The molecule has 1 aromatic heterocycles. The van der Waals surface area contributed by atoms with Gasteiger partial charge in [0.2, 0.25) is 0 Å². The Hall–Kier alpha value is -0.700. The van der Waals surface area contributed by atoms with Gasteiger partial charge in [-0.2, -0.15) is 5.10 Å². The van der Waals surface area contributed by atoms with Gasteiger partial charge in [-0.3, -0.25) is 4.68 Å². The summed E-state index contributed by atoms with van der Waals surface area (Å²) in [6, 6.07) is 0. The molecule has 3 nitrogen and oxygen atoms in total. The Bertz CT molecular complexity index is 360. The largest absolute Gasteiger partial charge is 0.486 e. The fourth-order valence-corrected chi connectivity index (χ4v) is 3.25. The van der Waals surface area contributed by atoms with E-state index in [2.05, 4.69) is 18.9 Å². The molecule has 1 aliphatic carbocycles. The van der Waals surface area contributed by atoms with E-state index in [0.29, 0.717) is 0 Å². The quantitative estimate of drug-likeness (QED) is 0.759. The van der Waals surface area contributed by atoms with Crippen LogP contribution in [0.4, 0.5) is 0 Å². The fraction of sp³-hybridized carbons (Fsp3) is 0.750. The number of ether oxygens (including phenoxy) is 1. The van der Waals surface area contributed by atoms with Crippen LogP contribution >= 0.6 is 11.6 Å². The molecule has 90 valence electrons. The van der Waals surface area contributed by atoms with Crippen molar-refractivity contribution in [2.24, 2.45) is 12.5 Å². The van der Waals surface area contributed by atoms with Gasteiger partial charge in [-0.25, -0.2) is 0 Å². The van der Waals surface area contributed by atoms with Crippen LogP contribution in [0.25, 0.3) is 0 Å². The van der Waals surface area contributed by atoms with E-state index in [1.165, 1.54) is 0 Å². The van der Waals surface area contributed by atoms with E-state index in [-0.39, 0.29) is 16.9 Å². The van der Waals surface area contributed by atoms with Crippen LogP contribution in [0.15, 0.2) is 12.4 Å². The average Bonchev–Trinajstić information content (AvgIpc) is 2.65. The SMILES string of the molecule is CCC1(CC)C(Cl)CC1Oc1cnn(C)c1. The predicted molar refractivity (Wildman–Crippen MR) is 64.9 cm³/mol. The van der Waals surface area contributed by atoms with E-state index in [1.54, 1.807) is 10.9 Å². The molecule has 1 aliphatic rings. The molecule has 1 saturated carbocycles. The maximum Gasteiger partial charge on any atom is 0.157 e. The lowest BCUT2D eigenvalue weighted by atomic mass is 9.62. The standard InChI is InChI=1S/C12H19ClN2O/c1-4-12(5-2)10(13)6-11(12)16-9-7-14-15(3)8-9/h7-8,10-11H,4-6H2,1-3H3. The molecule has 1 aromatic rings. The maximum absolute atomic E-state index is 6.34. The Morgan fingerprint density at radius 1 is 1.56 bits per heavy atom. The second-order valence-electron chi connectivity index (χ2n) is 4.60. The Labute approximate surface area is 102 Å². The average molecular weight is 243 g/mol. The Morgan fingerprint density at radius 3 is 2.69 bits per heavy atom. The maximum atomic E-state index is 6.34. The molecular weight excluding hydrogens is 224 g/mol. The predicted octanol–water partition coefficient (Wildman–Crippen LogP) is 2.99. The van der Waals surface area contributed by atoms with Crippen molar-refractivity contribution in [3.8, 4) is 5.75 Å². The third kappa shape index (κ3) is 1.71. The van der Waals surface area contributed by atoms with E-state index < -0.39 is 0 Å². The summed E-state index contributed by atoms with van der Waals surface area (Å²) in [6.07, 6.45) is 6.99. The molecule has 0 aliphatic heterocycles. The van der Waals surface area contributed by atoms with E-state index in [0.717, 1.165) is 25.0 Å². The van der Waals surface area contributed by atoms with Crippen LogP contribution in [0.3, 0.4) is 0 Å². The van der Waals surface area contributed by atoms with Crippen LogP contribution in [0, 0.1) is 5.41 Å². The Kier molecular flexibility index (Phi) is 3.15. The monoisotopic (exact) mass is 242 g/mol. The number of hydrogen-bond acceptors (Lipinski definition) is 2. The first-order valence-corrected chi connectivity index (χ1v) is 6.35. The Balaban J connectivity index is 2.06. The van der Waals surface area contributed by atoms with Crippen LogP contribution < -0.4 is 4.74 Å². The van der Waals surface area contributed by atoms with Gasteiger partial charge < -0.3 is 4.74 Å². The molecule has 4 heteroatoms. The lowest BCUT2D eigenvalue weighted by molar-refractivity contribution is -0.0462. The number of halogens is 1. The molecule has 0 saturated heterocycles. The van der Waals surface area contributed by atoms with Gasteiger partial charge in [-0.05, 0) is 12.8 Å². The third-order valence-electron chi connectivity index (χ3n) is 3.96. The normalized spacial score (nSPS) is 27.5. The number of aromatic nitrogens is 2. The zero-order chi connectivity index (χ0) is 11.8. The summed E-state index contributed by atoms with van der Waals surface area (Å²) in [5.74, 6) is 0.849. The minimum atomic E-state index is 0.150. The Morgan fingerprint density at radius 2 is 2.25 bits per heavy atom. The van der Waals surface area contributed by atoms with Crippen molar-refractivity contribution in [1.82, 2.24) is 9.78 Å². The molecule has 0 bridgehead atoms. The number of nitrogens with zero attached hydrogens (tertiary/aromatic N) is 2. The highest BCUT2D eigenvalue weighted by molar-refractivity contribution is 6.21. The molecule has 1 fully saturated rings. The lowest BCUT2D eigenvalue weighted by Crippen LogP contribution is -2.56. The number of hydrogen-bond donors (Lipinski definition) is 0. The molecule has 16 heavy (non-hydrogen) atoms. The fourth-order valence-electron chi connectivity index (χ4n) is 2.64. The van der Waals surface area contributed by atoms with Crippen molar-refractivity contribution in [1.29, 1.82) is 0 Å². The summed E-state index contributed by atoms with van der Waals surface area (Å²) in [4.78, 5) is 0. The van der Waals surface area contributed by atoms with E-state index in [1.807, 2.05) is 13.2 Å². The third-order valence-corrected chi connectivity index (χ3v) is 4.57. The highest BCUT2D eigenvalue weighted by Crippen LogP contribution is 2.51. The summed E-state index contributed by atoms with van der Waals surface area (Å²) in [7, 11) is 1.89. The molecule has 0 aromatic carbocycles. The minimum absolute atomic E-state index is 0.150. The molecule has 2 unspecified atom stereocenters. The van der Waals surface area contributed by atoms with Gasteiger partial charge >= 0.3 is 0 Å². The van der Waals surface area contributed by atoms with E-state index in [4.69, 9.17) is 16.3 Å². The van der Waals surface area contributed by atoms with Crippen LogP contribution in [0.5, 0.6) is 5.75 Å². The molecule has 0 amide bonds. The van der Waals surface area contributed by atoms with Crippen molar-refractivity contribution in [3.05, 3.63) is 12.4 Å². The number of alkyl halides is 1. The zero-order valence-electron chi connectivity index (χ0n) is 10.1. The van der Waals surface area contributed by atoms with Crippen molar-refractivity contribution in [2.45, 2.75) is 44.6 Å². The highest BCUT2D eigenvalue weighted by atomic mass is 35.5. The van der Waals surface area contributed by atoms with Crippen LogP contribution in [0.1, 0.15) is 33.1 Å². The molecule has 2 atom stereocenters. The summed E-state index contributed by atoms with van der Waals surface area (Å²) >= 11 is 6.34. The van der Waals surface area contributed by atoms with E-state index >= 15 is 0 Å². The molecule has 1 heterocycles. The van der Waals surface area contributed by atoms with Crippen LogP contribution in [0.2, 0.25) is 0 Å². The molecule has 0 radical (unpaired) electrons. The van der Waals surface area contributed by atoms with Crippen LogP contribution in [-0.4, -0.2) is 21.3 Å². The number of rotatable bonds is 4. The van der Waals surface area contributed by atoms with Gasteiger partial charge in [0.25, 0.3) is 0 Å². The topological polar surface area (TPSA) is 27.1 Å². The molecule has 0 N–H and O–H groups in total. The second kappa shape index (κ2) is 4.28. The second-order valence-corrected chi connectivity index (χ2v) is 5.13.